The zero-order chi connectivity index (χ0) is 46.7. The van der Waals surface area contributed by atoms with Crippen molar-refractivity contribution in [2.45, 2.75) is 97.3 Å². The van der Waals surface area contributed by atoms with Crippen molar-refractivity contribution in [3.63, 3.8) is 0 Å². The first kappa shape index (κ1) is 46.2. The van der Waals surface area contributed by atoms with Gasteiger partial charge in [0.25, 0.3) is 0 Å². The van der Waals surface area contributed by atoms with Crippen LogP contribution >= 0.6 is 0 Å². The molecular weight excluding hydrogens is 799 g/mol. The first-order valence-corrected chi connectivity index (χ1v) is 22.5. The molecule has 0 amide bonds. The van der Waals surface area contributed by atoms with Gasteiger partial charge in [0.15, 0.2) is 0 Å². The Hall–Kier alpha value is -6.79. The molecule has 7 rings (SSSR count). The van der Waals surface area contributed by atoms with E-state index in [2.05, 4.69) is 124 Å². The maximum Gasteiger partial charge on any atom is 0.128 e. The number of aromatic hydroxyl groups is 3. The molecule has 0 spiro atoms. The molecule has 0 aromatic heterocycles. The van der Waals surface area contributed by atoms with Gasteiger partial charge >= 0.3 is 0 Å². The van der Waals surface area contributed by atoms with Gasteiger partial charge < -0.3 is 15.3 Å². The molecule has 3 N–H and O–H groups in total. The van der Waals surface area contributed by atoms with E-state index in [-0.39, 0.29) is 39.4 Å². The Morgan fingerprint density at radius 3 is 1.02 bits per heavy atom. The number of allylic oxidation sites excluding steroid dienone is 4. The number of para-hydroxylation sites is 3. The van der Waals surface area contributed by atoms with Gasteiger partial charge in [0, 0.05) is 35.3 Å². The molecule has 0 bridgehead atoms. The molecule has 1 aliphatic carbocycles. The highest BCUT2D eigenvalue weighted by Gasteiger charge is 2.43. The largest absolute Gasteiger partial charge is 0.507 e. The van der Waals surface area contributed by atoms with Crippen LogP contribution in [0.2, 0.25) is 0 Å². The van der Waals surface area contributed by atoms with Crippen LogP contribution in [0.3, 0.4) is 0 Å². The molecule has 6 heteroatoms. The highest BCUT2D eigenvalue weighted by Crippen LogP contribution is 2.50. The summed E-state index contributed by atoms with van der Waals surface area (Å²) in [6.07, 6.45) is 12.9. The minimum Gasteiger partial charge on any atom is -0.507 e. The van der Waals surface area contributed by atoms with Gasteiger partial charge in [-0.1, -0.05) is 159 Å². The van der Waals surface area contributed by atoms with E-state index in [0.29, 0.717) is 16.7 Å². The quantitative estimate of drug-likeness (QED) is 0.0945. The Kier molecular flexibility index (Phi) is 13.1. The molecule has 6 aromatic rings. The summed E-state index contributed by atoms with van der Waals surface area (Å²) in [5.41, 5.74) is 10.2. The van der Waals surface area contributed by atoms with E-state index in [4.69, 9.17) is 15.0 Å². The Bertz CT molecular complexity index is 2520. The first-order chi connectivity index (χ1) is 30.8. The van der Waals surface area contributed by atoms with E-state index < -0.39 is 5.41 Å². The van der Waals surface area contributed by atoms with E-state index in [9.17, 15) is 15.3 Å². The lowest BCUT2D eigenvalue weighted by Gasteiger charge is -2.42. The number of hydrogen-bond donors (Lipinski definition) is 3. The van der Waals surface area contributed by atoms with Crippen LogP contribution in [0.1, 0.15) is 126 Å². The SMILES string of the molecule is CC1=CCC(C(c2ccc(N=Cc3cccc(C(C)(C)C)c3O)cc2)(c2ccc(N=Cc3cccc(C(C)(C)C)c3O)cc2)c2ccc(N=Cc3cccc(C(C)(C)C)c3O)cc2)C=C1. The van der Waals surface area contributed by atoms with Crippen molar-refractivity contribution in [1.82, 2.24) is 0 Å². The molecule has 1 atom stereocenters. The minimum atomic E-state index is -0.654. The molecule has 0 aliphatic heterocycles. The van der Waals surface area contributed by atoms with Crippen LogP contribution in [0, 0.1) is 5.92 Å². The highest BCUT2D eigenvalue weighted by atomic mass is 16.3. The van der Waals surface area contributed by atoms with Gasteiger partial charge in [-0.25, -0.2) is 0 Å². The van der Waals surface area contributed by atoms with Gasteiger partial charge in [-0.05, 0) is 123 Å². The van der Waals surface area contributed by atoms with Crippen LogP contribution in [0.4, 0.5) is 17.1 Å². The third-order valence-corrected chi connectivity index (χ3v) is 12.5. The first-order valence-electron chi connectivity index (χ1n) is 22.5. The van der Waals surface area contributed by atoms with Crippen LogP contribution in [0.5, 0.6) is 17.2 Å². The van der Waals surface area contributed by atoms with Gasteiger partial charge in [-0.2, -0.15) is 0 Å². The Morgan fingerprint density at radius 2 is 0.754 bits per heavy atom. The normalized spacial score (nSPS) is 15.8. The monoisotopic (exact) mass is 861 g/mol. The van der Waals surface area contributed by atoms with Crippen LogP contribution in [0.15, 0.2) is 166 Å². The van der Waals surface area contributed by atoms with E-state index in [1.165, 1.54) is 5.57 Å². The Labute approximate surface area is 386 Å². The number of aliphatic imine (C=N–C) groups is 3. The number of rotatable bonds is 10. The second-order valence-corrected chi connectivity index (χ2v) is 20.4. The maximum absolute atomic E-state index is 11.2. The summed E-state index contributed by atoms with van der Waals surface area (Å²) in [5, 5.41) is 33.5. The molecule has 65 heavy (non-hydrogen) atoms. The molecule has 332 valence electrons. The number of benzene rings is 6. The predicted molar refractivity (Wildman–Crippen MR) is 272 cm³/mol. The topological polar surface area (TPSA) is 97.8 Å². The third kappa shape index (κ3) is 9.98. The number of phenolic OH excluding ortho intramolecular Hbond substituents is 3. The summed E-state index contributed by atoms with van der Waals surface area (Å²) in [4.78, 5) is 14.5. The third-order valence-electron chi connectivity index (χ3n) is 12.5. The van der Waals surface area contributed by atoms with Crippen molar-refractivity contribution in [2.75, 3.05) is 0 Å². The molecule has 0 fully saturated rings. The fraction of sp³-hybridized carbons (Fsp3) is 0.271. The van der Waals surface area contributed by atoms with Crippen molar-refractivity contribution >= 4 is 35.7 Å². The molecule has 1 unspecified atom stereocenters. The van der Waals surface area contributed by atoms with Crippen molar-refractivity contribution in [3.8, 4) is 17.2 Å². The average molecular weight is 862 g/mol. The average Bonchev–Trinajstić information content (AvgIpc) is 3.26. The molecule has 6 aromatic carbocycles. The molecule has 0 saturated carbocycles. The summed E-state index contributed by atoms with van der Waals surface area (Å²) < 4.78 is 0. The fourth-order valence-corrected chi connectivity index (χ4v) is 8.87. The fourth-order valence-electron chi connectivity index (χ4n) is 8.87. The van der Waals surface area contributed by atoms with Crippen molar-refractivity contribution in [1.29, 1.82) is 0 Å². The second-order valence-electron chi connectivity index (χ2n) is 20.4. The van der Waals surface area contributed by atoms with Crippen LogP contribution in [-0.4, -0.2) is 34.0 Å². The van der Waals surface area contributed by atoms with Gasteiger partial charge in [0.1, 0.15) is 17.2 Å². The number of hydrogen-bond acceptors (Lipinski definition) is 6. The standard InChI is InChI=1S/C59H63N3O3/c1-39-20-22-43(23-21-39)59(44-24-30-47(31-25-44)60-36-40-14-11-17-50(53(40)63)56(2,3)4,45-26-32-48(33-27-45)61-37-41-15-12-18-51(54(41)64)57(5,6)7)46-28-34-49(35-29-46)62-38-42-16-13-19-52(55(42)65)58(8,9)10/h11-22,24-38,43,63-65H,23H2,1-10H3. The molecule has 0 saturated heterocycles. The highest BCUT2D eigenvalue weighted by molar-refractivity contribution is 5.88. The minimum absolute atomic E-state index is 0.0375. The molecular formula is C59H63N3O3. The summed E-state index contributed by atoms with van der Waals surface area (Å²) >= 11 is 0. The van der Waals surface area contributed by atoms with Gasteiger partial charge in [-0.3, -0.25) is 15.0 Å². The van der Waals surface area contributed by atoms with Crippen LogP contribution < -0.4 is 0 Å². The summed E-state index contributed by atoms with van der Waals surface area (Å²) in [6, 6.07) is 42.7. The van der Waals surface area contributed by atoms with Crippen molar-refractivity contribution in [2.24, 2.45) is 20.9 Å². The zero-order valence-electron chi connectivity index (χ0n) is 39.6. The Morgan fingerprint density at radius 1 is 0.446 bits per heavy atom. The predicted octanol–water partition coefficient (Wildman–Crippen LogP) is 14.8. The molecule has 1 aliphatic rings. The Balaban J connectivity index is 1.32. The molecule has 0 radical (unpaired) electrons. The van der Waals surface area contributed by atoms with Crippen LogP contribution in [-0.2, 0) is 21.7 Å². The van der Waals surface area contributed by atoms with E-state index in [1.807, 2.05) is 91.0 Å². The smallest absolute Gasteiger partial charge is 0.128 e. The number of nitrogens with zero attached hydrogens (tertiary/aromatic N) is 3. The summed E-state index contributed by atoms with van der Waals surface area (Å²) in [7, 11) is 0. The maximum atomic E-state index is 11.2. The lowest BCUT2D eigenvalue weighted by molar-refractivity contribution is 0.445. The molecule has 6 nitrogen and oxygen atoms in total. The number of phenols is 3. The van der Waals surface area contributed by atoms with Gasteiger partial charge in [-0.15, -0.1) is 0 Å². The summed E-state index contributed by atoms with van der Waals surface area (Å²) in [6.45, 7) is 20.9. The lowest BCUT2D eigenvalue weighted by atomic mass is 9.60. The summed E-state index contributed by atoms with van der Waals surface area (Å²) in [5.74, 6) is 0.782. The van der Waals surface area contributed by atoms with Crippen LogP contribution in [0.25, 0.3) is 0 Å². The lowest BCUT2D eigenvalue weighted by Crippen LogP contribution is -2.37. The van der Waals surface area contributed by atoms with E-state index in [1.54, 1.807) is 18.6 Å². The van der Waals surface area contributed by atoms with Gasteiger partial charge in [0.05, 0.1) is 22.5 Å². The second kappa shape index (κ2) is 18.4. The van der Waals surface area contributed by atoms with E-state index >= 15 is 0 Å². The zero-order valence-corrected chi connectivity index (χ0v) is 39.6. The van der Waals surface area contributed by atoms with E-state index in [0.717, 1.165) is 56.9 Å². The van der Waals surface area contributed by atoms with Crippen molar-refractivity contribution in [3.05, 3.63) is 201 Å². The van der Waals surface area contributed by atoms with Gasteiger partial charge in [0.2, 0.25) is 0 Å². The van der Waals surface area contributed by atoms with Crippen molar-refractivity contribution < 1.29 is 15.3 Å². The molecule has 0 heterocycles.